The minimum absolute atomic E-state index is 0.0975. The first kappa shape index (κ1) is 19.3. The lowest BCUT2D eigenvalue weighted by molar-refractivity contribution is -0.121. The number of rotatable bonds is 8. The molecule has 0 saturated heterocycles. The van der Waals surface area contributed by atoms with Crippen molar-refractivity contribution < 1.29 is 14.3 Å². The summed E-state index contributed by atoms with van der Waals surface area (Å²) in [6.45, 7) is 0.724. The van der Waals surface area contributed by atoms with Crippen LogP contribution >= 0.6 is 0 Å². The second kappa shape index (κ2) is 8.94. The number of aryl methyl sites for hydroxylation is 1. The van der Waals surface area contributed by atoms with E-state index in [1.807, 2.05) is 24.3 Å². The topological polar surface area (TPSA) is 47.6 Å². The maximum absolute atomic E-state index is 12.5. The quantitative estimate of drug-likeness (QED) is 0.758. The first-order chi connectivity index (χ1) is 13.2. The average molecular weight is 367 g/mol. The lowest BCUT2D eigenvalue weighted by Crippen LogP contribution is -2.39. The Bertz CT molecular complexity index is 751. The van der Waals surface area contributed by atoms with E-state index in [-0.39, 0.29) is 11.3 Å². The molecule has 4 nitrogen and oxygen atoms in total. The molecule has 3 rings (SSSR count). The molecule has 1 amide bonds. The molecule has 1 aliphatic rings. The molecule has 1 aliphatic carbocycles. The van der Waals surface area contributed by atoms with E-state index in [1.54, 1.807) is 14.2 Å². The number of carbonyl (C=O) groups is 1. The summed E-state index contributed by atoms with van der Waals surface area (Å²) in [4.78, 5) is 12.5. The summed E-state index contributed by atoms with van der Waals surface area (Å²) in [5, 5.41) is 3.19. The molecule has 0 bridgehead atoms. The number of ether oxygens (including phenoxy) is 2. The summed E-state index contributed by atoms with van der Waals surface area (Å²) in [6.07, 6.45) is 5.91. The van der Waals surface area contributed by atoms with Gasteiger partial charge in [-0.25, -0.2) is 0 Å². The molecule has 0 heterocycles. The molecular formula is C23H29NO3. The zero-order valence-corrected chi connectivity index (χ0v) is 16.3. The Balaban J connectivity index is 1.56. The van der Waals surface area contributed by atoms with Gasteiger partial charge in [0.05, 0.1) is 14.2 Å². The molecule has 0 aliphatic heterocycles. The van der Waals surface area contributed by atoms with Gasteiger partial charge in [0.15, 0.2) is 11.5 Å². The molecule has 0 atom stereocenters. The standard InChI is InChI=1S/C23H29NO3/c1-26-20-12-10-18(16-21(20)27-2)11-13-22(25)24-17-23(14-6-7-15-23)19-8-4-3-5-9-19/h3-5,8-10,12,16H,6-7,11,13-15,17H2,1-2H3,(H,24,25). The van der Waals surface area contributed by atoms with Crippen molar-refractivity contribution in [3.63, 3.8) is 0 Å². The summed E-state index contributed by atoms with van der Waals surface area (Å²) < 4.78 is 10.6. The van der Waals surface area contributed by atoms with E-state index >= 15 is 0 Å². The van der Waals surface area contributed by atoms with Crippen LogP contribution in [0.4, 0.5) is 0 Å². The fraction of sp³-hybridized carbons (Fsp3) is 0.435. The molecule has 1 fully saturated rings. The van der Waals surface area contributed by atoms with E-state index in [1.165, 1.54) is 18.4 Å². The highest BCUT2D eigenvalue weighted by Gasteiger charge is 2.35. The van der Waals surface area contributed by atoms with Crippen LogP contribution in [0.25, 0.3) is 0 Å². The van der Waals surface area contributed by atoms with Gasteiger partial charge in [-0.05, 0) is 42.5 Å². The van der Waals surface area contributed by atoms with Gasteiger partial charge in [0.25, 0.3) is 0 Å². The van der Waals surface area contributed by atoms with Crippen molar-refractivity contribution in [2.45, 2.75) is 43.9 Å². The van der Waals surface area contributed by atoms with E-state index in [9.17, 15) is 4.79 Å². The number of carbonyl (C=O) groups excluding carboxylic acids is 1. The number of amides is 1. The SMILES string of the molecule is COc1ccc(CCC(=O)NCC2(c3ccccc3)CCCC2)cc1OC. The Morgan fingerprint density at radius 3 is 2.37 bits per heavy atom. The summed E-state index contributed by atoms with van der Waals surface area (Å²) >= 11 is 0. The van der Waals surface area contributed by atoms with Crippen LogP contribution in [0, 0.1) is 0 Å². The van der Waals surface area contributed by atoms with E-state index in [2.05, 4.69) is 29.6 Å². The highest BCUT2D eigenvalue weighted by molar-refractivity contribution is 5.76. The fourth-order valence-corrected chi connectivity index (χ4v) is 4.06. The number of hydrogen-bond acceptors (Lipinski definition) is 3. The van der Waals surface area contributed by atoms with Gasteiger partial charge in [-0.3, -0.25) is 4.79 Å². The lowest BCUT2D eigenvalue weighted by Gasteiger charge is -2.30. The van der Waals surface area contributed by atoms with Gasteiger partial charge >= 0.3 is 0 Å². The first-order valence-corrected chi connectivity index (χ1v) is 9.70. The maximum atomic E-state index is 12.5. The van der Waals surface area contributed by atoms with Crippen molar-refractivity contribution in [2.75, 3.05) is 20.8 Å². The monoisotopic (exact) mass is 367 g/mol. The molecule has 4 heteroatoms. The number of methoxy groups -OCH3 is 2. The van der Waals surface area contributed by atoms with Gasteiger partial charge in [-0.15, -0.1) is 0 Å². The molecular weight excluding hydrogens is 338 g/mol. The van der Waals surface area contributed by atoms with Gasteiger partial charge in [0.2, 0.25) is 5.91 Å². The van der Waals surface area contributed by atoms with Crippen molar-refractivity contribution in [2.24, 2.45) is 0 Å². The largest absolute Gasteiger partial charge is 0.493 e. The molecule has 1 N–H and O–H groups in total. The normalized spacial score (nSPS) is 15.3. The zero-order valence-electron chi connectivity index (χ0n) is 16.3. The molecule has 2 aromatic rings. The molecule has 0 aromatic heterocycles. The molecule has 0 unspecified atom stereocenters. The van der Waals surface area contributed by atoms with Crippen LogP contribution in [-0.2, 0) is 16.6 Å². The summed E-state index contributed by atoms with van der Waals surface area (Å²) in [5.74, 6) is 1.51. The molecule has 0 spiro atoms. The average Bonchev–Trinajstić information content (AvgIpc) is 3.21. The minimum atomic E-state index is 0.0975. The Hall–Kier alpha value is -2.49. The Morgan fingerprint density at radius 2 is 1.70 bits per heavy atom. The van der Waals surface area contributed by atoms with Crippen LogP contribution < -0.4 is 14.8 Å². The predicted molar refractivity (Wildman–Crippen MR) is 107 cm³/mol. The number of benzene rings is 2. The summed E-state index contributed by atoms with van der Waals surface area (Å²) in [6, 6.07) is 16.4. The minimum Gasteiger partial charge on any atom is -0.493 e. The first-order valence-electron chi connectivity index (χ1n) is 9.70. The molecule has 1 saturated carbocycles. The third-order valence-corrected chi connectivity index (χ3v) is 5.66. The molecule has 144 valence electrons. The summed E-state index contributed by atoms with van der Waals surface area (Å²) in [7, 11) is 3.25. The zero-order chi connectivity index (χ0) is 19.1. The van der Waals surface area contributed by atoms with Gasteiger partial charge in [-0.2, -0.15) is 0 Å². The van der Waals surface area contributed by atoms with Crippen LogP contribution in [0.5, 0.6) is 11.5 Å². The number of hydrogen-bond donors (Lipinski definition) is 1. The van der Waals surface area contributed by atoms with Gasteiger partial charge in [0.1, 0.15) is 0 Å². The van der Waals surface area contributed by atoms with Crippen LogP contribution in [-0.4, -0.2) is 26.7 Å². The Kier molecular flexibility index (Phi) is 6.38. The van der Waals surface area contributed by atoms with E-state index < -0.39 is 0 Å². The summed E-state index contributed by atoms with van der Waals surface area (Å²) in [5.41, 5.74) is 2.52. The highest BCUT2D eigenvalue weighted by Crippen LogP contribution is 2.40. The highest BCUT2D eigenvalue weighted by atomic mass is 16.5. The number of nitrogens with one attached hydrogen (secondary N) is 1. The van der Waals surface area contributed by atoms with Crippen molar-refractivity contribution in [1.82, 2.24) is 5.32 Å². The van der Waals surface area contributed by atoms with Gasteiger partial charge in [0, 0.05) is 18.4 Å². The molecule has 0 radical (unpaired) electrons. The van der Waals surface area contributed by atoms with Gasteiger partial charge in [-0.1, -0.05) is 49.2 Å². The maximum Gasteiger partial charge on any atom is 0.220 e. The van der Waals surface area contributed by atoms with Crippen molar-refractivity contribution in [1.29, 1.82) is 0 Å². The molecule has 27 heavy (non-hydrogen) atoms. The second-order valence-corrected chi connectivity index (χ2v) is 7.32. The fourth-order valence-electron chi connectivity index (χ4n) is 4.06. The molecule has 2 aromatic carbocycles. The predicted octanol–water partition coefficient (Wildman–Crippen LogP) is 4.26. The van der Waals surface area contributed by atoms with Gasteiger partial charge < -0.3 is 14.8 Å². The van der Waals surface area contributed by atoms with E-state index in [4.69, 9.17) is 9.47 Å². The van der Waals surface area contributed by atoms with Crippen molar-refractivity contribution >= 4 is 5.91 Å². The van der Waals surface area contributed by atoms with Crippen molar-refractivity contribution in [3.05, 3.63) is 59.7 Å². The van der Waals surface area contributed by atoms with Crippen LogP contribution in [0.15, 0.2) is 48.5 Å². The van der Waals surface area contributed by atoms with Crippen LogP contribution in [0.3, 0.4) is 0 Å². The second-order valence-electron chi connectivity index (χ2n) is 7.32. The Labute approximate surface area is 161 Å². The van der Waals surface area contributed by atoms with E-state index in [0.717, 1.165) is 24.9 Å². The Morgan fingerprint density at radius 1 is 1.00 bits per heavy atom. The smallest absolute Gasteiger partial charge is 0.220 e. The third kappa shape index (κ3) is 4.62. The van der Waals surface area contributed by atoms with E-state index in [0.29, 0.717) is 24.3 Å². The lowest BCUT2D eigenvalue weighted by atomic mass is 9.79. The van der Waals surface area contributed by atoms with Crippen molar-refractivity contribution in [3.8, 4) is 11.5 Å². The third-order valence-electron chi connectivity index (χ3n) is 5.66. The van der Waals surface area contributed by atoms with Crippen LogP contribution in [0.2, 0.25) is 0 Å². The van der Waals surface area contributed by atoms with Crippen LogP contribution in [0.1, 0.15) is 43.2 Å².